The number of rotatable bonds is 5. The average Bonchev–Trinajstić information content (AvgIpc) is 3.20. The van der Waals surface area contributed by atoms with Gasteiger partial charge in [0.15, 0.2) is 5.78 Å². The fourth-order valence-corrected chi connectivity index (χ4v) is 4.09. The Morgan fingerprint density at radius 2 is 2.04 bits per heavy atom. The Morgan fingerprint density at radius 3 is 2.67 bits per heavy atom. The summed E-state index contributed by atoms with van der Waals surface area (Å²) in [6, 6.07) is 3.54. The summed E-state index contributed by atoms with van der Waals surface area (Å²) in [4.78, 5) is 27.2. The van der Waals surface area contributed by atoms with Crippen LogP contribution in [0.1, 0.15) is 60.9 Å². The van der Waals surface area contributed by atoms with Gasteiger partial charge in [-0.05, 0) is 37.0 Å². The number of halogens is 1. The Balaban J connectivity index is 2.02. The number of carbonyl (C=O) groups excluding carboxylic acids is 2. The van der Waals surface area contributed by atoms with E-state index in [1.54, 1.807) is 12.1 Å². The molecular weight excluding hydrogens is 326 g/mol. The molecule has 0 spiro atoms. The number of benzene rings is 1. The molecular formula is C19H22ClNO3. The molecule has 0 radical (unpaired) electrons. The van der Waals surface area contributed by atoms with Crippen LogP contribution in [0.2, 0.25) is 5.02 Å². The second-order valence-corrected chi connectivity index (χ2v) is 7.05. The molecule has 1 aliphatic rings. The van der Waals surface area contributed by atoms with E-state index in [0.717, 1.165) is 22.9 Å². The summed E-state index contributed by atoms with van der Waals surface area (Å²) in [6.45, 7) is 1.49. The maximum atomic E-state index is 12.4. The third kappa shape index (κ3) is 3.20. The van der Waals surface area contributed by atoms with Gasteiger partial charge in [0.1, 0.15) is 0 Å². The Labute approximate surface area is 146 Å². The number of esters is 1. The molecule has 0 amide bonds. The molecule has 24 heavy (non-hydrogen) atoms. The van der Waals surface area contributed by atoms with Gasteiger partial charge in [0, 0.05) is 22.7 Å². The molecule has 0 bridgehead atoms. The van der Waals surface area contributed by atoms with Gasteiger partial charge < -0.3 is 9.72 Å². The van der Waals surface area contributed by atoms with Crippen molar-refractivity contribution >= 4 is 34.3 Å². The number of Topliss-reactive ketones (excluding diaryl/α,β-unsaturated/α-hetero) is 1. The first-order chi connectivity index (χ1) is 11.5. The lowest BCUT2D eigenvalue weighted by atomic mass is 9.87. The number of aromatic nitrogens is 1. The largest absolute Gasteiger partial charge is 0.469 e. The van der Waals surface area contributed by atoms with Crippen molar-refractivity contribution in [2.45, 2.75) is 44.9 Å². The van der Waals surface area contributed by atoms with E-state index in [1.165, 1.54) is 39.7 Å². The second-order valence-electron chi connectivity index (χ2n) is 6.64. The third-order valence-electron chi connectivity index (χ3n) is 5.09. The summed E-state index contributed by atoms with van der Waals surface area (Å²) in [5.41, 5.74) is 2.21. The monoisotopic (exact) mass is 347 g/mol. The summed E-state index contributed by atoms with van der Waals surface area (Å²) >= 11 is 6.26. The minimum absolute atomic E-state index is 0.0754. The summed E-state index contributed by atoms with van der Waals surface area (Å²) < 4.78 is 5.05. The predicted molar refractivity (Wildman–Crippen MR) is 94.6 cm³/mol. The lowest BCUT2D eigenvalue weighted by molar-refractivity contribution is -0.142. The van der Waals surface area contributed by atoms with Crippen molar-refractivity contribution in [2.24, 2.45) is 5.92 Å². The molecule has 3 rings (SSSR count). The van der Waals surface area contributed by atoms with Gasteiger partial charge in [0.2, 0.25) is 0 Å². The number of methoxy groups -OCH3 is 1. The highest BCUT2D eigenvalue weighted by Crippen LogP contribution is 2.38. The number of hydrogen-bond donors (Lipinski definition) is 1. The first-order valence-electron chi connectivity index (χ1n) is 8.40. The normalized spacial score (nSPS) is 16.5. The number of carbonyl (C=O) groups is 2. The summed E-state index contributed by atoms with van der Waals surface area (Å²) in [5, 5.41) is 1.30. The fraction of sp³-hybridized carbons (Fsp3) is 0.474. The molecule has 1 aromatic carbocycles. The van der Waals surface area contributed by atoms with Crippen LogP contribution in [0.5, 0.6) is 0 Å². The minimum Gasteiger partial charge on any atom is -0.469 e. The molecule has 1 N–H and O–H groups in total. The number of ketones is 1. The highest BCUT2D eigenvalue weighted by atomic mass is 35.5. The molecule has 4 nitrogen and oxygen atoms in total. The maximum absolute atomic E-state index is 12.4. The molecule has 1 fully saturated rings. The molecule has 0 aliphatic heterocycles. The lowest BCUT2D eigenvalue weighted by Crippen LogP contribution is -2.17. The van der Waals surface area contributed by atoms with Crippen LogP contribution in [0, 0.1) is 5.92 Å². The molecule has 1 aliphatic carbocycles. The van der Waals surface area contributed by atoms with E-state index < -0.39 is 0 Å². The van der Waals surface area contributed by atoms with Crippen LogP contribution in [0.4, 0.5) is 0 Å². The van der Waals surface area contributed by atoms with Gasteiger partial charge in [0.05, 0.1) is 18.1 Å². The number of ether oxygens (including phenoxy) is 1. The van der Waals surface area contributed by atoms with Gasteiger partial charge in [-0.3, -0.25) is 9.59 Å². The molecule has 2 aromatic rings. The van der Waals surface area contributed by atoms with E-state index in [0.29, 0.717) is 16.5 Å². The maximum Gasteiger partial charge on any atom is 0.313 e. The smallest absolute Gasteiger partial charge is 0.313 e. The number of hydrogen-bond acceptors (Lipinski definition) is 3. The van der Waals surface area contributed by atoms with Crippen LogP contribution in [0.25, 0.3) is 10.9 Å². The van der Waals surface area contributed by atoms with E-state index in [1.807, 2.05) is 6.20 Å². The highest BCUT2D eigenvalue weighted by molar-refractivity contribution is 6.34. The molecule has 1 unspecified atom stereocenters. The van der Waals surface area contributed by atoms with E-state index in [-0.39, 0.29) is 17.7 Å². The molecule has 1 saturated carbocycles. The highest BCUT2D eigenvalue weighted by Gasteiger charge is 2.29. The van der Waals surface area contributed by atoms with E-state index in [4.69, 9.17) is 16.3 Å². The number of H-pyrrole nitrogens is 1. The van der Waals surface area contributed by atoms with Gasteiger partial charge in [0.25, 0.3) is 0 Å². The zero-order chi connectivity index (χ0) is 17.3. The number of nitrogens with one attached hydrogen (secondary N) is 1. The van der Waals surface area contributed by atoms with Crippen LogP contribution in [0.15, 0.2) is 18.3 Å². The molecule has 1 heterocycles. The van der Waals surface area contributed by atoms with E-state index >= 15 is 0 Å². The molecule has 128 valence electrons. The number of aromatic amines is 1. The van der Waals surface area contributed by atoms with Crippen molar-refractivity contribution < 1.29 is 14.3 Å². The summed E-state index contributed by atoms with van der Waals surface area (Å²) in [7, 11) is 1.43. The molecule has 0 saturated heterocycles. The standard InChI is InChI=1S/C19H22ClNO3/c1-11(22)13-9-18-14(8-17(13)20)16(10-21-18)15(19(23)24-2)7-12-5-3-4-6-12/h8-10,12,15,21H,3-7H2,1-2H3. The minimum atomic E-state index is -0.300. The van der Waals surface area contributed by atoms with Crippen LogP contribution in [-0.2, 0) is 9.53 Å². The fourth-order valence-electron chi connectivity index (χ4n) is 3.79. The van der Waals surface area contributed by atoms with Gasteiger partial charge >= 0.3 is 5.97 Å². The van der Waals surface area contributed by atoms with Crippen molar-refractivity contribution in [3.8, 4) is 0 Å². The van der Waals surface area contributed by atoms with Crippen LogP contribution < -0.4 is 0 Å². The van der Waals surface area contributed by atoms with Crippen LogP contribution in [-0.4, -0.2) is 23.8 Å². The van der Waals surface area contributed by atoms with Crippen molar-refractivity contribution in [1.29, 1.82) is 0 Å². The van der Waals surface area contributed by atoms with Crippen molar-refractivity contribution in [1.82, 2.24) is 4.98 Å². The zero-order valence-electron chi connectivity index (χ0n) is 14.0. The van der Waals surface area contributed by atoms with E-state index in [9.17, 15) is 9.59 Å². The summed E-state index contributed by atoms with van der Waals surface area (Å²) in [5.74, 6) is -0.0276. The van der Waals surface area contributed by atoms with Gasteiger partial charge in [-0.25, -0.2) is 0 Å². The van der Waals surface area contributed by atoms with Crippen molar-refractivity contribution in [3.05, 3.63) is 34.5 Å². The van der Waals surface area contributed by atoms with Gasteiger partial charge in [-0.15, -0.1) is 0 Å². The summed E-state index contributed by atoms with van der Waals surface area (Å²) in [6.07, 6.45) is 7.46. The third-order valence-corrected chi connectivity index (χ3v) is 5.40. The average molecular weight is 348 g/mol. The topological polar surface area (TPSA) is 59.2 Å². The van der Waals surface area contributed by atoms with Crippen LogP contribution >= 0.6 is 11.6 Å². The van der Waals surface area contributed by atoms with E-state index in [2.05, 4.69) is 4.98 Å². The van der Waals surface area contributed by atoms with Crippen LogP contribution in [0.3, 0.4) is 0 Å². The molecule has 1 aromatic heterocycles. The first-order valence-corrected chi connectivity index (χ1v) is 8.78. The van der Waals surface area contributed by atoms with Crippen molar-refractivity contribution in [3.63, 3.8) is 0 Å². The van der Waals surface area contributed by atoms with Gasteiger partial charge in [-0.2, -0.15) is 0 Å². The quantitative estimate of drug-likeness (QED) is 0.620. The second kappa shape index (κ2) is 6.98. The van der Waals surface area contributed by atoms with Crippen molar-refractivity contribution in [2.75, 3.05) is 7.11 Å². The zero-order valence-corrected chi connectivity index (χ0v) is 14.8. The molecule has 5 heteroatoms. The van der Waals surface area contributed by atoms with Gasteiger partial charge in [-0.1, -0.05) is 37.3 Å². The Bertz CT molecular complexity index is 774. The lowest BCUT2D eigenvalue weighted by Gasteiger charge is -2.18. The Morgan fingerprint density at radius 1 is 1.33 bits per heavy atom. The number of fused-ring (bicyclic) bond motifs is 1. The molecule has 1 atom stereocenters. The first kappa shape index (κ1) is 17.0. The Hall–Kier alpha value is -1.81. The predicted octanol–water partition coefficient (Wildman–Crippen LogP) is 4.86. The Kier molecular flexibility index (Phi) is 4.95. The SMILES string of the molecule is COC(=O)C(CC1CCCC1)c1c[nH]c2cc(C(C)=O)c(Cl)cc12.